The van der Waals surface area contributed by atoms with Gasteiger partial charge in [0.15, 0.2) is 5.82 Å². The van der Waals surface area contributed by atoms with Gasteiger partial charge in [0.1, 0.15) is 11.6 Å². The van der Waals surface area contributed by atoms with Gasteiger partial charge in [-0.2, -0.15) is 15.5 Å². The number of aromatic nitrogens is 2. The normalized spacial score (nSPS) is 25.4. The molecule has 14 nitrogen and oxygen atoms in total. The average molecular weight is 775 g/mol. The largest absolute Gasteiger partial charge is 1.00 e. The number of unbranched alkanes of at least 4 members (excludes halogenated alkanes) is 2. The van der Waals surface area contributed by atoms with Gasteiger partial charge in [-0.3, -0.25) is 4.79 Å². The van der Waals surface area contributed by atoms with Crippen molar-refractivity contribution < 1.29 is 134 Å². The van der Waals surface area contributed by atoms with E-state index in [2.05, 4.69) is 31.6 Å². The van der Waals surface area contributed by atoms with Crippen LogP contribution in [0.1, 0.15) is 82.7 Å². The minimum absolute atomic E-state index is 0. The van der Waals surface area contributed by atoms with E-state index < -0.39 is 43.8 Å². The van der Waals surface area contributed by atoms with Crippen molar-refractivity contribution >= 4 is 55.2 Å². The fourth-order valence-electron chi connectivity index (χ4n) is 5.95. The fourth-order valence-corrected chi connectivity index (χ4v) is 8.01. The Labute approximate surface area is 366 Å². The summed E-state index contributed by atoms with van der Waals surface area (Å²) in [6, 6.07) is 0.815. The van der Waals surface area contributed by atoms with Gasteiger partial charge in [-0.05, 0) is 70.9 Å². The van der Waals surface area contributed by atoms with Gasteiger partial charge in [0, 0.05) is 24.5 Å². The van der Waals surface area contributed by atoms with Crippen LogP contribution < -0.4 is 108 Å². The van der Waals surface area contributed by atoms with E-state index in [0.717, 1.165) is 19.3 Å². The van der Waals surface area contributed by atoms with Crippen LogP contribution in [0, 0.1) is 11.3 Å². The molecule has 2 aliphatic carbocycles. The molecule has 0 aromatic carbocycles. The smallest absolute Gasteiger partial charge is 0.748 e. The Morgan fingerprint density at radius 3 is 2.11 bits per heavy atom. The number of nitrogens with zero attached hydrogens (tertiary/aromatic N) is 6. The summed E-state index contributed by atoms with van der Waals surface area (Å²) in [5.74, 6) is -0.964. The summed E-state index contributed by atoms with van der Waals surface area (Å²) < 4.78 is 67.8. The predicted octanol–water partition coefficient (Wildman–Crippen LogP) is -2.84. The first kappa shape index (κ1) is 45.4. The molecular formula is C26H39Cl2K2N7O7S2. The molecular weight excluding hydrogens is 736 g/mol. The Morgan fingerprint density at radius 2 is 1.61 bits per heavy atom. The Kier molecular flexibility index (Phi) is 21.4. The van der Waals surface area contributed by atoms with Crippen molar-refractivity contribution in [2.75, 3.05) is 24.6 Å². The Morgan fingerprint density at radius 1 is 1.04 bits per heavy atom. The second kappa shape index (κ2) is 21.7. The molecule has 0 saturated heterocycles. The van der Waals surface area contributed by atoms with Crippen LogP contribution >= 0.6 is 23.2 Å². The topological polar surface area (TPSA) is 213 Å². The third kappa shape index (κ3) is 15.3. The third-order valence-electron chi connectivity index (χ3n) is 8.04. The number of nitrogens with one attached hydrogen (secondary N) is 1. The summed E-state index contributed by atoms with van der Waals surface area (Å²) in [7, 11) is -8.68. The molecule has 0 radical (unpaired) electrons. The van der Waals surface area contributed by atoms with Gasteiger partial charge in [0.2, 0.25) is 5.91 Å². The van der Waals surface area contributed by atoms with Crippen LogP contribution in [0.25, 0.3) is 0 Å². The Bertz CT molecular complexity index is 1360. The molecule has 2 saturated carbocycles. The second-order valence-corrected chi connectivity index (χ2v) is 15.6. The van der Waals surface area contributed by atoms with E-state index in [1.165, 1.54) is 13.1 Å². The zero-order chi connectivity index (χ0) is 32.5. The standard InChI is InChI=1S/C26H41Cl2N7O7S2.2K/c1-18(36)31-24-15-20(34(11-2-4-13-43(37,38)39)12-3-5-14-44(40,41)42)9-10-23(24)32-33-26-19(16-29)17-30-35(26)25-21(27)7-6-8-22(25)28;;/h17,20-25H,2-15H2,1H3,(H,31,36)(H,37,38,39)(H,40,41,42);;/q;2*+1/p-2. The van der Waals surface area contributed by atoms with Crippen molar-refractivity contribution in [2.24, 2.45) is 10.2 Å². The van der Waals surface area contributed by atoms with Gasteiger partial charge < -0.3 is 19.3 Å². The molecule has 0 spiro atoms. The van der Waals surface area contributed by atoms with Gasteiger partial charge in [0.05, 0.1) is 55.3 Å². The van der Waals surface area contributed by atoms with Crippen LogP contribution in [0.15, 0.2) is 16.4 Å². The number of carbonyl (C=O) groups excluding carboxylic acids is 1. The molecule has 2 aliphatic rings. The maximum Gasteiger partial charge on any atom is 1.00 e. The molecule has 1 N–H and O–H groups in total. The first-order valence-electron chi connectivity index (χ1n) is 14.7. The number of nitriles is 1. The Hall–Kier alpha value is 1.40. The first-order valence-corrected chi connectivity index (χ1v) is 18.8. The van der Waals surface area contributed by atoms with E-state index in [4.69, 9.17) is 23.2 Å². The Balaban J connectivity index is 0.00000529. The van der Waals surface area contributed by atoms with Crippen LogP contribution in [0.4, 0.5) is 5.82 Å². The number of rotatable bonds is 15. The summed E-state index contributed by atoms with van der Waals surface area (Å²) in [6.45, 7) is 2.30. The number of amides is 1. The molecule has 5 unspecified atom stereocenters. The van der Waals surface area contributed by atoms with Crippen molar-refractivity contribution in [2.45, 2.75) is 106 Å². The van der Waals surface area contributed by atoms with Crippen LogP contribution in [0.3, 0.4) is 0 Å². The number of hydrogen-bond acceptors (Lipinski definition) is 12. The molecule has 20 heteroatoms. The minimum atomic E-state index is -4.34. The van der Waals surface area contributed by atoms with Crippen LogP contribution in [0.2, 0.25) is 0 Å². The molecule has 1 aromatic heterocycles. The van der Waals surface area contributed by atoms with Crippen molar-refractivity contribution in [3.63, 3.8) is 0 Å². The van der Waals surface area contributed by atoms with Crippen LogP contribution in [-0.2, 0) is 25.0 Å². The maximum atomic E-state index is 12.2. The maximum absolute atomic E-state index is 12.2. The van der Waals surface area contributed by atoms with E-state index in [1.807, 2.05) is 0 Å². The van der Waals surface area contributed by atoms with Gasteiger partial charge in [-0.1, -0.05) is 6.42 Å². The van der Waals surface area contributed by atoms with E-state index in [1.54, 1.807) is 4.68 Å². The molecule has 5 atom stereocenters. The summed E-state index contributed by atoms with van der Waals surface area (Å²) in [5, 5.41) is 25.4. The van der Waals surface area contributed by atoms with E-state index in [9.17, 15) is 36.0 Å². The van der Waals surface area contributed by atoms with Gasteiger partial charge in [-0.25, -0.2) is 21.5 Å². The molecule has 1 heterocycles. The number of azo groups is 1. The number of alkyl halides is 2. The van der Waals surface area contributed by atoms with Gasteiger partial charge >= 0.3 is 103 Å². The number of hydrogen-bond donors (Lipinski definition) is 1. The summed E-state index contributed by atoms with van der Waals surface area (Å²) >= 11 is 13.2. The molecule has 2 fully saturated rings. The molecule has 1 aromatic rings. The van der Waals surface area contributed by atoms with Gasteiger partial charge in [0.25, 0.3) is 0 Å². The molecule has 248 valence electrons. The number of carbonyl (C=O) groups is 1. The molecule has 0 aliphatic heterocycles. The zero-order valence-electron chi connectivity index (χ0n) is 26.6. The van der Waals surface area contributed by atoms with Crippen LogP contribution in [0.5, 0.6) is 0 Å². The van der Waals surface area contributed by atoms with Gasteiger partial charge in [-0.15, -0.1) is 28.3 Å². The second-order valence-electron chi connectivity index (χ2n) is 11.4. The zero-order valence-corrected chi connectivity index (χ0v) is 35.9. The van der Waals surface area contributed by atoms with E-state index in [-0.39, 0.29) is 156 Å². The SMILES string of the molecule is CC(=O)NC1CC(N(CCCCS(=O)(=O)[O-])CCCCS(=O)(=O)[O-])CCC1N=Nc1c(C#N)cnn1C1C(Cl)CCCC1Cl.[K+].[K+]. The summed E-state index contributed by atoms with van der Waals surface area (Å²) in [5.41, 5.74) is 0.225. The molecule has 1 amide bonds. The first-order chi connectivity index (χ1) is 20.7. The summed E-state index contributed by atoms with van der Waals surface area (Å²) in [6.07, 6.45) is 6.64. The summed E-state index contributed by atoms with van der Waals surface area (Å²) in [4.78, 5) is 14.2. The van der Waals surface area contributed by atoms with Crippen molar-refractivity contribution in [3.05, 3.63) is 11.8 Å². The predicted molar refractivity (Wildman–Crippen MR) is 162 cm³/mol. The van der Waals surface area contributed by atoms with Crippen LogP contribution in [-0.4, -0.2) is 100 Å². The van der Waals surface area contributed by atoms with Crippen molar-refractivity contribution in [1.82, 2.24) is 20.0 Å². The molecule has 3 rings (SSSR count). The van der Waals surface area contributed by atoms with Crippen molar-refractivity contribution in [1.29, 1.82) is 5.26 Å². The third-order valence-corrected chi connectivity index (χ3v) is 10.6. The quantitative estimate of drug-likeness (QED) is 0.0634. The number of halogens is 2. The fraction of sp³-hybridized carbons (Fsp3) is 0.808. The average Bonchev–Trinajstić information content (AvgIpc) is 3.32. The van der Waals surface area contributed by atoms with E-state index >= 15 is 0 Å². The monoisotopic (exact) mass is 773 g/mol. The van der Waals surface area contributed by atoms with Crippen molar-refractivity contribution in [3.8, 4) is 6.07 Å². The minimum Gasteiger partial charge on any atom is -0.748 e. The molecule has 0 bridgehead atoms. The van der Waals surface area contributed by atoms with E-state index in [0.29, 0.717) is 45.2 Å². The molecule has 46 heavy (non-hydrogen) atoms.